The van der Waals surface area contributed by atoms with Gasteiger partial charge in [0.05, 0.1) is 36.9 Å². The zero-order valence-electron chi connectivity index (χ0n) is 54.1. The Labute approximate surface area is 531 Å². The van der Waals surface area contributed by atoms with Gasteiger partial charge in [0, 0.05) is 29.7 Å². The van der Waals surface area contributed by atoms with E-state index in [9.17, 15) is 63.3 Å². The molecule has 0 saturated heterocycles. The Bertz CT molecular complexity index is 2210. The number of carbonyl (C=O) groups is 7. The molecule has 0 saturated carbocycles. The monoisotopic (exact) mass is 1250 g/mol. The molecule has 0 aliphatic heterocycles. The van der Waals surface area contributed by atoms with Crippen LogP contribution in [0.2, 0.25) is 0 Å². The lowest BCUT2D eigenvalue weighted by molar-refractivity contribution is -0.185. The normalized spacial score (nSPS) is 14.2. The van der Waals surface area contributed by atoms with Crippen molar-refractivity contribution < 1.29 is 87.6 Å². The molecule has 0 aromatic heterocycles. The molecule has 0 aromatic rings. The summed E-state index contributed by atoms with van der Waals surface area (Å²) in [6.07, 6.45) is 47.3. The molecule has 5 N–H and O–H groups in total. The molecule has 0 aliphatic rings. The Kier molecular flexibility index (Phi) is 52.5. The zero-order chi connectivity index (χ0) is 66.1. The molecule has 0 heterocycles. The largest absolute Gasteiger partial charge is 0.513 e. The average molecular weight is 1260 g/mol. The molecular formula is C71H111FO17. The molecule has 504 valence electrons. The number of aliphatic carboxylic acids is 4. The van der Waals surface area contributed by atoms with E-state index < -0.39 is 78.5 Å². The molecule has 17 nitrogen and oxygen atoms in total. The van der Waals surface area contributed by atoms with Crippen molar-refractivity contribution in [1.29, 1.82) is 0 Å². The van der Waals surface area contributed by atoms with Gasteiger partial charge in [-0.2, -0.15) is 0 Å². The van der Waals surface area contributed by atoms with Crippen molar-refractivity contribution in [2.24, 2.45) is 35.5 Å². The highest BCUT2D eigenvalue weighted by molar-refractivity contribution is 5.79. The summed E-state index contributed by atoms with van der Waals surface area (Å²) in [5, 5.41) is 47.8. The smallest absolute Gasteiger partial charge is 0.349 e. The number of carbonyl (C=O) groups excluding carboxylic acids is 4. The maximum atomic E-state index is 13.1. The van der Waals surface area contributed by atoms with Crippen LogP contribution in [0.5, 0.6) is 0 Å². The number of carboxylic acids is 4. The SMILES string of the molecule is C=C(O)C(CC(=O)OF)C(/C=C/CCCCCCC(=O)OC(COC(=O)CCCCCCC/C=C\C=C\C(CCCCC)C(CC(=O)O)C(=O)O)COC(=C=O)CCCCCCC/C=C\C/C=C\C=C\C(CC)C(CC(=O)O)C(=O)O)CCCCCCCC. The number of aliphatic hydroxyl groups excluding tert-OH is 1. The Morgan fingerprint density at radius 2 is 0.921 bits per heavy atom. The van der Waals surface area contributed by atoms with Crippen molar-refractivity contribution in [2.45, 2.75) is 258 Å². The number of hydrogen-bond donors (Lipinski definition) is 5. The van der Waals surface area contributed by atoms with E-state index in [0.29, 0.717) is 51.4 Å². The van der Waals surface area contributed by atoms with Crippen LogP contribution in [0.4, 0.5) is 4.53 Å². The van der Waals surface area contributed by atoms with Gasteiger partial charge in [0.2, 0.25) is 0 Å². The molecule has 7 atom stereocenters. The van der Waals surface area contributed by atoms with Crippen LogP contribution in [0.1, 0.15) is 252 Å². The minimum Gasteiger partial charge on any atom is -0.513 e. The summed E-state index contributed by atoms with van der Waals surface area (Å²) >= 11 is 0. The fourth-order valence-electron chi connectivity index (χ4n) is 10.5. The third-order valence-electron chi connectivity index (χ3n) is 15.7. The number of aliphatic hydroxyl groups is 1. The Morgan fingerprint density at radius 3 is 1.47 bits per heavy atom. The van der Waals surface area contributed by atoms with Gasteiger partial charge in [-0.3, -0.25) is 33.7 Å². The van der Waals surface area contributed by atoms with Crippen LogP contribution in [0.15, 0.2) is 91.0 Å². The van der Waals surface area contributed by atoms with Crippen LogP contribution in [0.25, 0.3) is 0 Å². The Hall–Kier alpha value is -6.55. The van der Waals surface area contributed by atoms with Crippen LogP contribution in [0, 0.1) is 35.5 Å². The highest BCUT2D eigenvalue weighted by atomic mass is 19.3. The van der Waals surface area contributed by atoms with Crippen LogP contribution in [0.3, 0.4) is 0 Å². The van der Waals surface area contributed by atoms with Crippen molar-refractivity contribution >= 4 is 47.7 Å². The lowest BCUT2D eigenvalue weighted by Crippen LogP contribution is -2.29. The van der Waals surface area contributed by atoms with Gasteiger partial charge in [0.25, 0.3) is 0 Å². The predicted molar refractivity (Wildman–Crippen MR) is 345 cm³/mol. The van der Waals surface area contributed by atoms with E-state index in [1.807, 2.05) is 61.5 Å². The number of carboxylic acid groups (broad SMARTS) is 4. The van der Waals surface area contributed by atoms with Crippen LogP contribution >= 0.6 is 0 Å². The van der Waals surface area contributed by atoms with Gasteiger partial charge >= 0.3 is 41.8 Å². The second-order valence-electron chi connectivity index (χ2n) is 23.2. The van der Waals surface area contributed by atoms with Crippen LogP contribution < -0.4 is 0 Å². The second kappa shape index (κ2) is 56.7. The molecule has 89 heavy (non-hydrogen) atoms. The van der Waals surface area contributed by atoms with E-state index in [4.69, 9.17) is 19.3 Å². The number of ether oxygens (including phenoxy) is 3. The van der Waals surface area contributed by atoms with E-state index >= 15 is 0 Å². The quantitative estimate of drug-likeness (QED) is 0.00945. The fourth-order valence-corrected chi connectivity index (χ4v) is 10.5. The van der Waals surface area contributed by atoms with Crippen molar-refractivity contribution in [3.63, 3.8) is 0 Å². The molecule has 7 unspecified atom stereocenters. The predicted octanol–water partition coefficient (Wildman–Crippen LogP) is 17.1. The molecule has 0 bridgehead atoms. The third kappa shape index (κ3) is 47.1. The van der Waals surface area contributed by atoms with E-state index in [0.717, 1.165) is 141 Å². The summed E-state index contributed by atoms with van der Waals surface area (Å²) in [6, 6.07) is 0. The maximum Gasteiger partial charge on any atom is 0.349 e. The highest BCUT2D eigenvalue weighted by Gasteiger charge is 2.30. The molecule has 18 heteroatoms. The minimum absolute atomic E-state index is 0.0949. The number of halogens is 1. The average Bonchev–Trinajstić information content (AvgIpc) is 3.71. The Balaban J connectivity index is 5.30. The van der Waals surface area contributed by atoms with Gasteiger partial charge in [-0.25, -0.2) is 9.59 Å². The van der Waals surface area contributed by atoms with Crippen LogP contribution in [-0.2, 0) is 57.5 Å². The molecule has 0 radical (unpaired) electrons. The standard InChI is InChI=1S/C71H111FO17/c1-5-8-10-11-27-36-44-58(62(56(4)74)52-69(81)89-72)45-37-30-25-26-33-41-49-68(80)88-61(55-87-67(79)48-40-32-24-20-16-18-22-29-38-46-59(43-34-9-6-2)64(71(84)85)51-66(77)78)54-86-60(53-73)47-39-31-23-19-15-13-12-14-17-21-28-35-42-57(7-3)63(70(82)83)50-65(75)76/h12,14,21-22,28-29,35,37-38,42,45-46,57-59,61-64,74H,4-11,13,15-20,23-27,30-34,36,39-41,43-44,47-52,54-55H2,1-3H3,(H,75,76)(H,77,78)(H,82,83)(H,84,85)/b14-12-,28-21-,29-22-,42-35+,45-37+,46-38+. The first-order valence-corrected chi connectivity index (χ1v) is 33.2. The van der Waals surface area contributed by atoms with Crippen molar-refractivity contribution in [1.82, 2.24) is 0 Å². The van der Waals surface area contributed by atoms with Gasteiger partial charge in [-0.05, 0) is 101 Å². The summed E-state index contributed by atoms with van der Waals surface area (Å²) < 4.78 is 29.8. The van der Waals surface area contributed by atoms with E-state index in [1.165, 1.54) is 6.42 Å². The van der Waals surface area contributed by atoms with Gasteiger partial charge in [-0.15, -0.1) is 0 Å². The molecule has 0 rings (SSSR count). The second-order valence-corrected chi connectivity index (χ2v) is 23.2. The number of allylic oxidation sites excluding steroid dienone is 14. The molecule has 0 fully saturated rings. The number of rotatable bonds is 60. The summed E-state index contributed by atoms with van der Waals surface area (Å²) in [7, 11) is 0. The molecule has 0 spiro atoms. The Morgan fingerprint density at radius 1 is 0.461 bits per heavy atom. The first kappa shape index (κ1) is 82.5. The van der Waals surface area contributed by atoms with Crippen molar-refractivity contribution in [2.75, 3.05) is 13.2 Å². The first-order chi connectivity index (χ1) is 42.9. The van der Waals surface area contributed by atoms with Gasteiger partial charge < -0.3 is 39.7 Å². The topological polar surface area (TPSA) is 275 Å². The van der Waals surface area contributed by atoms with Gasteiger partial charge in [-0.1, -0.05) is 209 Å². The summed E-state index contributed by atoms with van der Waals surface area (Å²) in [5.74, 6) is -8.24. The molecule has 0 aromatic carbocycles. The summed E-state index contributed by atoms with van der Waals surface area (Å²) in [6.45, 7) is 9.25. The lowest BCUT2D eigenvalue weighted by Gasteiger charge is -2.22. The van der Waals surface area contributed by atoms with E-state index in [-0.39, 0.29) is 61.7 Å². The molecule has 0 aliphatic carbocycles. The third-order valence-corrected chi connectivity index (χ3v) is 15.7. The van der Waals surface area contributed by atoms with Crippen molar-refractivity contribution in [3.8, 4) is 0 Å². The first-order valence-electron chi connectivity index (χ1n) is 33.2. The fraction of sp³-hybridized carbons (Fsp3) is 0.676. The van der Waals surface area contributed by atoms with Gasteiger partial charge in [0.15, 0.2) is 17.8 Å². The lowest BCUT2D eigenvalue weighted by atomic mass is 9.83. The maximum absolute atomic E-state index is 13.1. The molecule has 0 amide bonds. The highest BCUT2D eigenvalue weighted by Crippen LogP contribution is 2.30. The van der Waals surface area contributed by atoms with E-state index in [1.54, 1.807) is 12.2 Å². The zero-order valence-corrected chi connectivity index (χ0v) is 54.1. The van der Waals surface area contributed by atoms with Crippen molar-refractivity contribution in [3.05, 3.63) is 91.0 Å². The summed E-state index contributed by atoms with van der Waals surface area (Å²) in [5.41, 5.74) is 0. The van der Waals surface area contributed by atoms with Gasteiger partial charge in [0.1, 0.15) is 13.2 Å². The van der Waals surface area contributed by atoms with E-state index in [2.05, 4.69) is 37.5 Å². The number of hydrogen-bond acceptors (Lipinski definition) is 13. The number of unbranched alkanes of at least 4 members (excludes halogenated alkanes) is 21. The number of esters is 2. The molecular weight excluding hydrogens is 1140 g/mol. The minimum atomic E-state index is -1.14. The summed E-state index contributed by atoms with van der Waals surface area (Å²) in [4.78, 5) is 99.0. The van der Waals surface area contributed by atoms with Crippen LogP contribution in [-0.4, -0.2) is 92.6 Å².